The molecule has 0 aliphatic carbocycles. The van der Waals surface area contributed by atoms with Crippen molar-refractivity contribution < 1.29 is 14.4 Å². The number of phenols is 1. The van der Waals surface area contributed by atoms with Gasteiger partial charge in [0.15, 0.2) is 0 Å². The van der Waals surface area contributed by atoms with Crippen molar-refractivity contribution in [1.82, 2.24) is 10.1 Å². The van der Waals surface area contributed by atoms with Gasteiger partial charge in [-0.25, -0.2) is 0 Å². The second-order valence-corrected chi connectivity index (χ2v) is 3.20. The first-order chi connectivity index (χ1) is 7.79. The van der Waals surface area contributed by atoms with Gasteiger partial charge in [0, 0.05) is 12.2 Å². The summed E-state index contributed by atoms with van der Waals surface area (Å²) >= 11 is 0. The van der Waals surface area contributed by atoms with E-state index >= 15 is 0 Å². The highest BCUT2D eigenvalue weighted by Crippen LogP contribution is 2.20. The van der Waals surface area contributed by atoms with Crippen LogP contribution in [0, 0.1) is 0 Å². The quantitative estimate of drug-likeness (QED) is 0.853. The Morgan fingerprint density at radius 3 is 3.06 bits per heavy atom. The lowest BCUT2D eigenvalue weighted by Crippen LogP contribution is -1.91. The van der Waals surface area contributed by atoms with Gasteiger partial charge in [-0.15, -0.1) is 0 Å². The molecule has 0 fully saturated rings. The molecule has 84 valence electrons. The van der Waals surface area contributed by atoms with Crippen molar-refractivity contribution >= 4 is 0 Å². The average Bonchev–Trinajstić information content (AvgIpc) is 2.75. The zero-order chi connectivity index (χ0) is 11.4. The van der Waals surface area contributed by atoms with E-state index in [1.807, 2.05) is 6.92 Å². The van der Waals surface area contributed by atoms with Crippen molar-refractivity contribution in [2.24, 2.45) is 0 Å². The van der Waals surface area contributed by atoms with E-state index in [0.29, 0.717) is 30.5 Å². The van der Waals surface area contributed by atoms with Gasteiger partial charge >= 0.3 is 0 Å². The average molecular weight is 220 g/mol. The topological polar surface area (TPSA) is 68.4 Å². The Balaban J connectivity index is 2.18. The third kappa shape index (κ3) is 2.38. The molecular formula is C11H12N2O3. The highest BCUT2D eigenvalue weighted by Gasteiger charge is 2.08. The highest BCUT2D eigenvalue weighted by molar-refractivity contribution is 5.56. The van der Waals surface area contributed by atoms with Crippen LogP contribution < -0.4 is 0 Å². The molecule has 5 nitrogen and oxygen atoms in total. The SMILES string of the molecule is CCOCc1nc(-c2cccc(O)c2)no1. The molecule has 1 heterocycles. The van der Waals surface area contributed by atoms with E-state index in [2.05, 4.69) is 10.1 Å². The van der Waals surface area contributed by atoms with Gasteiger partial charge < -0.3 is 14.4 Å². The maximum atomic E-state index is 9.31. The zero-order valence-corrected chi connectivity index (χ0v) is 8.88. The van der Waals surface area contributed by atoms with Crippen LogP contribution in [0.2, 0.25) is 0 Å². The van der Waals surface area contributed by atoms with Crippen molar-refractivity contribution in [1.29, 1.82) is 0 Å². The van der Waals surface area contributed by atoms with E-state index in [-0.39, 0.29) is 5.75 Å². The van der Waals surface area contributed by atoms with Crippen LogP contribution in [-0.2, 0) is 11.3 Å². The minimum absolute atomic E-state index is 0.175. The predicted octanol–water partition coefficient (Wildman–Crippen LogP) is 1.98. The summed E-state index contributed by atoms with van der Waals surface area (Å²) in [6.45, 7) is 2.80. The summed E-state index contributed by atoms with van der Waals surface area (Å²) < 4.78 is 10.1. The molecule has 0 saturated carbocycles. The Morgan fingerprint density at radius 2 is 2.31 bits per heavy atom. The summed E-state index contributed by atoms with van der Waals surface area (Å²) in [4.78, 5) is 4.15. The van der Waals surface area contributed by atoms with E-state index < -0.39 is 0 Å². The summed E-state index contributed by atoms with van der Waals surface area (Å²) in [5.41, 5.74) is 0.714. The molecular weight excluding hydrogens is 208 g/mol. The van der Waals surface area contributed by atoms with Gasteiger partial charge in [-0.05, 0) is 19.1 Å². The summed E-state index contributed by atoms with van der Waals surface area (Å²) in [5, 5.41) is 13.1. The van der Waals surface area contributed by atoms with Gasteiger partial charge in [-0.1, -0.05) is 17.3 Å². The van der Waals surface area contributed by atoms with Crippen LogP contribution in [0.3, 0.4) is 0 Å². The number of hydrogen-bond acceptors (Lipinski definition) is 5. The number of phenolic OH excluding ortho intramolecular Hbond substituents is 1. The van der Waals surface area contributed by atoms with Crippen LogP contribution in [0.4, 0.5) is 0 Å². The number of rotatable bonds is 4. The molecule has 2 rings (SSSR count). The fourth-order valence-electron chi connectivity index (χ4n) is 1.27. The van der Waals surface area contributed by atoms with Crippen LogP contribution in [0.15, 0.2) is 28.8 Å². The minimum Gasteiger partial charge on any atom is -0.508 e. The van der Waals surface area contributed by atoms with Crippen LogP contribution in [0.5, 0.6) is 5.75 Å². The standard InChI is InChI=1S/C11H12N2O3/c1-2-15-7-10-12-11(13-16-10)8-4-3-5-9(14)6-8/h3-6,14H,2,7H2,1H3. The Morgan fingerprint density at radius 1 is 1.44 bits per heavy atom. The monoisotopic (exact) mass is 220 g/mol. The maximum Gasteiger partial charge on any atom is 0.252 e. The second-order valence-electron chi connectivity index (χ2n) is 3.20. The molecule has 0 bridgehead atoms. The molecule has 0 unspecified atom stereocenters. The van der Waals surface area contributed by atoms with Crippen LogP contribution in [0.1, 0.15) is 12.8 Å². The minimum atomic E-state index is 0.175. The van der Waals surface area contributed by atoms with Gasteiger partial charge in [0.05, 0.1) is 0 Å². The predicted molar refractivity (Wildman–Crippen MR) is 56.7 cm³/mol. The third-order valence-electron chi connectivity index (χ3n) is 2.00. The number of ether oxygens (including phenoxy) is 1. The highest BCUT2D eigenvalue weighted by atomic mass is 16.5. The Hall–Kier alpha value is -1.88. The Bertz CT molecular complexity index is 468. The zero-order valence-electron chi connectivity index (χ0n) is 8.88. The normalized spacial score (nSPS) is 10.6. The first-order valence-electron chi connectivity index (χ1n) is 4.99. The number of nitrogens with zero attached hydrogens (tertiary/aromatic N) is 2. The molecule has 16 heavy (non-hydrogen) atoms. The third-order valence-corrected chi connectivity index (χ3v) is 2.00. The molecule has 0 atom stereocenters. The summed E-state index contributed by atoms with van der Waals surface area (Å²) in [6.07, 6.45) is 0. The van der Waals surface area contributed by atoms with Gasteiger partial charge in [-0.3, -0.25) is 0 Å². The number of benzene rings is 1. The smallest absolute Gasteiger partial charge is 0.252 e. The van der Waals surface area contributed by atoms with Gasteiger partial charge in [0.2, 0.25) is 5.82 Å². The fourth-order valence-corrected chi connectivity index (χ4v) is 1.27. The van der Waals surface area contributed by atoms with Crippen molar-refractivity contribution in [2.75, 3.05) is 6.61 Å². The summed E-state index contributed by atoms with van der Waals surface area (Å²) in [7, 11) is 0. The van der Waals surface area contributed by atoms with Gasteiger partial charge in [0.1, 0.15) is 12.4 Å². The fraction of sp³-hybridized carbons (Fsp3) is 0.273. The number of aromatic hydroxyl groups is 1. The number of hydrogen-bond donors (Lipinski definition) is 1. The van der Waals surface area contributed by atoms with Gasteiger partial charge in [0.25, 0.3) is 5.89 Å². The van der Waals surface area contributed by atoms with Crippen LogP contribution in [-0.4, -0.2) is 21.9 Å². The van der Waals surface area contributed by atoms with E-state index in [1.54, 1.807) is 24.3 Å². The summed E-state index contributed by atoms with van der Waals surface area (Å²) in [5.74, 6) is 1.06. The van der Waals surface area contributed by atoms with E-state index in [4.69, 9.17) is 9.26 Å². The van der Waals surface area contributed by atoms with E-state index in [9.17, 15) is 5.11 Å². The lowest BCUT2D eigenvalue weighted by Gasteiger charge is -1.94. The molecule has 0 aliphatic heterocycles. The Labute approximate surface area is 92.7 Å². The summed E-state index contributed by atoms with van der Waals surface area (Å²) in [6, 6.07) is 6.69. The molecule has 1 aromatic carbocycles. The molecule has 1 aromatic heterocycles. The molecule has 0 saturated heterocycles. The largest absolute Gasteiger partial charge is 0.508 e. The molecule has 0 radical (unpaired) electrons. The maximum absolute atomic E-state index is 9.31. The molecule has 0 amide bonds. The first kappa shape index (κ1) is 10.6. The van der Waals surface area contributed by atoms with Crippen molar-refractivity contribution in [3.05, 3.63) is 30.2 Å². The van der Waals surface area contributed by atoms with Crippen molar-refractivity contribution in [3.63, 3.8) is 0 Å². The Kier molecular flexibility index (Phi) is 3.16. The van der Waals surface area contributed by atoms with Gasteiger partial charge in [-0.2, -0.15) is 4.98 Å². The lowest BCUT2D eigenvalue weighted by atomic mass is 10.2. The van der Waals surface area contributed by atoms with E-state index in [1.165, 1.54) is 0 Å². The van der Waals surface area contributed by atoms with E-state index in [0.717, 1.165) is 0 Å². The molecule has 0 spiro atoms. The molecule has 0 aliphatic rings. The van der Waals surface area contributed by atoms with Crippen molar-refractivity contribution in [3.8, 4) is 17.1 Å². The first-order valence-corrected chi connectivity index (χ1v) is 4.99. The number of aromatic nitrogens is 2. The van der Waals surface area contributed by atoms with Crippen LogP contribution >= 0.6 is 0 Å². The van der Waals surface area contributed by atoms with Crippen molar-refractivity contribution in [2.45, 2.75) is 13.5 Å². The molecule has 2 aromatic rings. The molecule has 1 N–H and O–H groups in total. The second kappa shape index (κ2) is 4.76. The molecule has 5 heteroatoms. The van der Waals surface area contributed by atoms with Crippen LogP contribution in [0.25, 0.3) is 11.4 Å². The lowest BCUT2D eigenvalue weighted by molar-refractivity contribution is 0.109.